The van der Waals surface area contributed by atoms with E-state index in [0.717, 1.165) is 18.7 Å². The smallest absolute Gasteiger partial charge is 0.223 e. The molecular formula is C17H23N3O3. The number of pyridine rings is 2. The van der Waals surface area contributed by atoms with Crippen molar-refractivity contribution in [3.05, 3.63) is 58.3 Å². The summed E-state index contributed by atoms with van der Waals surface area (Å²) >= 11 is 0. The van der Waals surface area contributed by atoms with E-state index in [0.29, 0.717) is 19.7 Å². The number of hydrogen-bond donors (Lipinski definition) is 1. The largest absolute Gasteiger partial charge is 0.503 e. The molecule has 1 N–H and O–H groups in total. The van der Waals surface area contributed by atoms with E-state index < -0.39 is 0 Å². The molecule has 0 saturated heterocycles. The van der Waals surface area contributed by atoms with Crippen molar-refractivity contribution in [2.24, 2.45) is 0 Å². The van der Waals surface area contributed by atoms with Gasteiger partial charge in [-0.15, -0.1) is 0 Å². The van der Waals surface area contributed by atoms with Crippen LogP contribution in [0.25, 0.3) is 0 Å². The normalized spacial score (nSPS) is 11.1. The predicted molar refractivity (Wildman–Crippen MR) is 88.5 cm³/mol. The summed E-state index contributed by atoms with van der Waals surface area (Å²) in [7, 11) is 3.64. The van der Waals surface area contributed by atoms with Crippen molar-refractivity contribution in [2.75, 3.05) is 27.3 Å². The number of methoxy groups -OCH3 is 1. The molecule has 0 spiro atoms. The lowest BCUT2D eigenvalue weighted by atomic mass is 10.2. The van der Waals surface area contributed by atoms with Crippen LogP contribution in [-0.4, -0.2) is 46.9 Å². The van der Waals surface area contributed by atoms with E-state index >= 15 is 0 Å². The zero-order chi connectivity index (χ0) is 16.7. The Morgan fingerprint density at radius 2 is 2.09 bits per heavy atom. The SMILES string of the molecule is COCCn1cc(O)c(=O)cc1CN(C)CCc1ccncc1. The molecule has 0 unspecified atom stereocenters. The van der Waals surface area contributed by atoms with Gasteiger partial charge in [0.1, 0.15) is 0 Å². The van der Waals surface area contributed by atoms with Gasteiger partial charge in [0.05, 0.1) is 12.8 Å². The first kappa shape index (κ1) is 17.2. The van der Waals surface area contributed by atoms with Gasteiger partial charge in [0, 0.05) is 50.9 Å². The molecule has 0 aliphatic heterocycles. The number of likely N-dealkylation sites (N-methyl/N-ethyl adjacent to an activating group) is 1. The third-order valence-corrected chi connectivity index (χ3v) is 3.70. The fourth-order valence-corrected chi connectivity index (χ4v) is 2.36. The van der Waals surface area contributed by atoms with Crippen molar-refractivity contribution in [1.82, 2.24) is 14.5 Å². The van der Waals surface area contributed by atoms with Gasteiger partial charge < -0.3 is 19.3 Å². The lowest BCUT2D eigenvalue weighted by Crippen LogP contribution is -2.25. The van der Waals surface area contributed by atoms with Crippen LogP contribution in [0, 0.1) is 0 Å². The van der Waals surface area contributed by atoms with Crippen LogP contribution in [0.4, 0.5) is 0 Å². The highest BCUT2D eigenvalue weighted by atomic mass is 16.5. The van der Waals surface area contributed by atoms with Crippen molar-refractivity contribution in [3.8, 4) is 5.75 Å². The van der Waals surface area contributed by atoms with Gasteiger partial charge in [-0.05, 0) is 31.2 Å². The quantitative estimate of drug-likeness (QED) is 0.794. The molecule has 2 heterocycles. The molecule has 0 atom stereocenters. The maximum atomic E-state index is 11.7. The Kier molecular flexibility index (Phi) is 6.31. The first-order valence-corrected chi connectivity index (χ1v) is 7.59. The topological polar surface area (TPSA) is 67.6 Å². The first-order chi connectivity index (χ1) is 11.1. The minimum atomic E-state index is -0.351. The number of aromatic nitrogens is 2. The monoisotopic (exact) mass is 317 g/mol. The number of hydrogen-bond acceptors (Lipinski definition) is 5. The zero-order valence-corrected chi connectivity index (χ0v) is 13.6. The molecule has 0 bridgehead atoms. The second-order valence-corrected chi connectivity index (χ2v) is 5.54. The number of nitrogens with zero attached hydrogens (tertiary/aromatic N) is 3. The molecule has 2 aromatic heterocycles. The summed E-state index contributed by atoms with van der Waals surface area (Å²) < 4.78 is 6.95. The first-order valence-electron chi connectivity index (χ1n) is 7.59. The number of aromatic hydroxyl groups is 1. The maximum absolute atomic E-state index is 11.7. The van der Waals surface area contributed by atoms with Crippen LogP contribution in [-0.2, 0) is 24.2 Å². The summed E-state index contributed by atoms with van der Waals surface area (Å²) in [4.78, 5) is 17.9. The molecular weight excluding hydrogens is 294 g/mol. The summed E-state index contributed by atoms with van der Waals surface area (Å²) in [5.41, 5.74) is 1.74. The highest BCUT2D eigenvalue weighted by Gasteiger charge is 2.09. The molecule has 0 aromatic carbocycles. The second kappa shape index (κ2) is 8.45. The van der Waals surface area contributed by atoms with Crippen LogP contribution >= 0.6 is 0 Å². The van der Waals surface area contributed by atoms with E-state index in [4.69, 9.17) is 4.74 Å². The third-order valence-electron chi connectivity index (χ3n) is 3.70. The Bertz CT molecular complexity index is 671. The van der Waals surface area contributed by atoms with Crippen LogP contribution in [0.15, 0.2) is 41.6 Å². The molecule has 124 valence electrons. The van der Waals surface area contributed by atoms with E-state index in [9.17, 15) is 9.90 Å². The average molecular weight is 317 g/mol. The van der Waals surface area contributed by atoms with Crippen molar-refractivity contribution in [1.29, 1.82) is 0 Å². The van der Waals surface area contributed by atoms with Gasteiger partial charge in [-0.25, -0.2) is 0 Å². The standard InChI is InChI=1S/C17H23N3O3/c1-19(8-5-14-3-6-18-7-4-14)12-15-11-16(21)17(22)13-20(15)9-10-23-2/h3-4,6-7,11,13,22H,5,8-10,12H2,1-2H3. The molecule has 0 saturated carbocycles. The van der Waals surface area contributed by atoms with Crippen molar-refractivity contribution >= 4 is 0 Å². The van der Waals surface area contributed by atoms with Gasteiger partial charge in [0.25, 0.3) is 0 Å². The number of rotatable bonds is 8. The molecule has 2 rings (SSSR count). The van der Waals surface area contributed by atoms with E-state index in [-0.39, 0.29) is 11.2 Å². The van der Waals surface area contributed by atoms with Crippen molar-refractivity contribution in [3.63, 3.8) is 0 Å². The molecule has 0 radical (unpaired) electrons. The Morgan fingerprint density at radius 1 is 1.35 bits per heavy atom. The average Bonchev–Trinajstić information content (AvgIpc) is 2.56. The van der Waals surface area contributed by atoms with Crippen LogP contribution in [0.5, 0.6) is 5.75 Å². The van der Waals surface area contributed by atoms with Crippen LogP contribution in [0.2, 0.25) is 0 Å². The lowest BCUT2D eigenvalue weighted by molar-refractivity contribution is 0.184. The lowest BCUT2D eigenvalue weighted by Gasteiger charge is -2.20. The fraction of sp³-hybridized carbons (Fsp3) is 0.412. The molecule has 0 aliphatic carbocycles. The van der Waals surface area contributed by atoms with E-state index in [1.54, 1.807) is 19.5 Å². The van der Waals surface area contributed by atoms with Gasteiger partial charge in [-0.3, -0.25) is 9.78 Å². The predicted octanol–water partition coefficient (Wildman–Crippen LogP) is 1.27. The second-order valence-electron chi connectivity index (χ2n) is 5.54. The molecule has 23 heavy (non-hydrogen) atoms. The van der Waals surface area contributed by atoms with Crippen LogP contribution in [0.3, 0.4) is 0 Å². The molecule has 6 heteroatoms. The summed E-state index contributed by atoms with van der Waals surface area (Å²) in [5.74, 6) is -0.232. The van der Waals surface area contributed by atoms with Crippen molar-refractivity contribution < 1.29 is 9.84 Å². The molecule has 0 fully saturated rings. The van der Waals surface area contributed by atoms with Gasteiger partial charge in [-0.2, -0.15) is 0 Å². The summed E-state index contributed by atoms with van der Waals surface area (Å²) in [6, 6.07) is 5.50. The zero-order valence-electron chi connectivity index (χ0n) is 13.6. The van der Waals surface area contributed by atoms with Gasteiger partial charge in [0.2, 0.25) is 5.43 Å². The maximum Gasteiger partial charge on any atom is 0.223 e. The Balaban J connectivity index is 2.02. The van der Waals surface area contributed by atoms with E-state index in [1.807, 2.05) is 23.7 Å². The molecule has 2 aromatic rings. The van der Waals surface area contributed by atoms with Gasteiger partial charge in [-0.1, -0.05) is 0 Å². The summed E-state index contributed by atoms with van der Waals surface area (Å²) in [6.45, 7) is 2.61. The van der Waals surface area contributed by atoms with Crippen LogP contribution < -0.4 is 5.43 Å². The fourth-order valence-electron chi connectivity index (χ4n) is 2.36. The highest BCUT2D eigenvalue weighted by molar-refractivity contribution is 5.20. The van der Waals surface area contributed by atoms with E-state index in [2.05, 4.69) is 9.88 Å². The molecule has 6 nitrogen and oxygen atoms in total. The minimum Gasteiger partial charge on any atom is -0.503 e. The van der Waals surface area contributed by atoms with Gasteiger partial charge >= 0.3 is 0 Å². The van der Waals surface area contributed by atoms with Crippen LogP contribution in [0.1, 0.15) is 11.3 Å². The summed E-state index contributed by atoms with van der Waals surface area (Å²) in [6.07, 6.45) is 5.97. The van der Waals surface area contributed by atoms with E-state index in [1.165, 1.54) is 17.8 Å². The highest BCUT2D eigenvalue weighted by Crippen LogP contribution is 2.08. The van der Waals surface area contributed by atoms with Crippen molar-refractivity contribution in [2.45, 2.75) is 19.5 Å². The summed E-state index contributed by atoms with van der Waals surface area (Å²) in [5, 5.41) is 9.62. The minimum absolute atomic E-state index is 0.232. The Labute approximate surface area is 136 Å². The molecule has 0 amide bonds. The molecule has 0 aliphatic rings. The third kappa shape index (κ3) is 5.19. The number of ether oxygens (including phenoxy) is 1. The van der Waals surface area contributed by atoms with Gasteiger partial charge in [0.15, 0.2) is 5.75 Å². The Morgan fingerprint density at radius 3 is 2.78 bits per heavy atom. The Hall–Kier alpha value is -2.18.